The number of hydrogen-bond donors (Lipinski definition) is 1. The van der Waals surface area contributed by atoms with Crippen LogP contribution in [-0.4, -0.2) is 11.0 Å². The van der Waals surface area contributed by atoms with Gasteiger partial charge < -0.3 is 5.32 Å². The van der Waals surface area contributed by atoms with Crippen molar-refractivity contribution >= 4 is 28.4 Å². The highest BCUT2D eigenvalue weighted by Crippen LogP contribution is 2.21. The third-order valence-corrected chi connectivity index (χ3v) is 3.35. The summed E-state index contributed by atoms with van der Waals surface area (Å²) >= 11 is 2.32. The fraction of sp³-hybridized carbons (Fsp3) is 0.545. The largest absolute Gasteiger partial charge is 0.367 e. The molecular weight excluding hydrogens is 287 g/mol. The van der Waals surface area contributed by atoms with E-state index in [-0.39, 0.29) is 0 Å². The minimum atomic E-state index is 0.648. The molecule has 0 saturated heterocycles. The van der Waals surface area contributed by atoms with Crippen molar-refractivity contribution < 1.29 is 0 Å². The van der Waals surface area contributed by atoms with Crippen molar-refractivity contribution in [1.29, 1.82) is 0 Å². The van der Waals surface area contributed by atoms with Crippen molar-refractivity contribution in [2.45, 2.75) is 38.1 Å². The lowest BCUT2D eigenvalue weighted by molar-refractivity contribution is 0.462. The first-order valence-electron chi connectivity index (χ1n) is 5.23. The second kappa shape index (κ2) is 4.96. The number of hydrogen-bond acceptors (Lipinski definition) is 2. The highest BCUT2D eigenvalue weighted by Gasteiger charge is 2.12. The molecule has 0 bridgehead atoms. The summed E-state index contributed by atoms with van der Waals surface area (Å²) in [7, 11) is 0. The fourth-order valence-corrected chi connectivity index (χ4v) is 2.40. The molecule has 1 aliphatic rings. The predicted octanol–water partition coefficient (Wildman–Crippen LogP) is 3.43. The summed E-state index contributed by atoms with van der Waals surface area (Å²) in [4.78, 5) is 4.32. The maximum Gasteiger partial charge on any atom is 0.127 e. The van der Waals surface area contributed by atoms with Gasteiger partial charge in [-0.25, -0.2) is 4.98 Å². The lowest BCUT2D eigenvalue weighted by atomic mass is 9.95. The third kappa shape index (κ3) is 2.83. The Morgan fingerprint density at radius 1 is 1.29 bits per heavy atom. The Kier molecular flexibility index (Phi) is 3.61. The highest BCUT2D eigenvalue weighted by atomic mass is 127. The first-order valence-corrected chi connectivity index (χ1v) is 6.30. The molecule has 1 aromatic rings. The Balaban J connectivity index is 1.95. The fourth-order valence-electron chi connectivity index (χ4n) is 1.94. The van der Waals surface area contributed by atoms with Gasteiger partial charge in [-0.15, -0.1) is 0 Å². The standard InChI is InChI=1S/C11H15IN2/c12-9-6-7-13-11(8-9)14-10-4-2-1-3-5-10/h6-8,10H,1-5H2,(H,13,14). The van der Waals surface area contributed by atoms with Gasteiger partial charge in [0.1, 0.15) is 5.82 Å². The van der Waals surface area contributed by atoms with Crippen molar-refractivity contribution in [2.75, 3.05) is 5.32 Å². The van der Waals surface area contributed by atoms with Gasteiger partial charge in [0.25, 0.3) is 0 Å². The molecule has 1 heterocycles. The maximum atomic E-state index is 4.32. The average Bonchev–Trinajstić information content (AvgIpc) is 2.19. The topological polar surface area (TPSA) is 24.9 Å². The minimum Gasteiger partial charge on any atom is -0.367 e. The van der Waals surface area contributed by atoms with Crippen LogP contribution in [0.1, 0.15) is 32.1 Å². The molecule has 1 aliphatic carbocycles. The van der Waals surface area contributed by atoms with E-state index in [0.717, 1.165) is 5.82 Å². The summed E-state index contributed by atoms with van der Waals surface area (Å²) in [5.41, 5.74) is 0. The Hall–Kier alpha value is -0.320. The van der Waals surface area contributed by atoms with Crippen LogP contribution in [0.5, 0.6) is 0 Å². The van der Waals surface area contributed by atoms with Gasteiger partial charge in [0.05, 0.1) is 0 Å². The number of halogens is 1. The summed E-state index contributed by atoms with van der Waals surface area (Å²) in [5.74, 6) is 1.03. The van der Waals surface area contributed by atoms with Crippen molar-refractivity contribution in [3.05, 3.63) is 21.9 Å². The molecule has 3 heteroatoms. The summed E-state index contributed by atoms with van der Waals surface area (Å²) in [5, 5.41) is 3.51. The zero-order valence-electron chi connectivity index (χ0n) is 8.17. The number of nitrogens with zero attached hydrogens (tertiary/aromatic N) is 1. The molecule has 1 fully saturated rings. The molecule has 1 aromatic heterocycles. The second-order valence-electron chi connectivity index (χ2n) is 3.84. The van der Waals surface area contributed by atoms with Crippen LogP contribution in [0.15, 0.2) is 18.3 Å². The van der Waals surface area contributed by atoms with Crippen LogP contribution in [-0.2, 0) is 0 Å². The number of anilines is 1. The highest BCUT2D eigenvalue weighted by molar-refractivity contribution is 14.1. The molecule has 0 unspecified atom stereocenters. The number of aromatic nitrogens is 1. The van der Waals surface area contributed by atoms with Crippen LogP contribution < -0.4 is 5.32 Å². The number of rotatable bonds is 2. The molecule has 1 saturated carbocycles. The van der Waals surface area contributed by atoms with E-state index in [0.29, 0.717) is 6.04 Å². The van der Waals surface area contributed by atoms with E-state index in [2.05, 4.69) is 39.0 Å². The zero-order valence-corrected chi connectivity index (χ0v) is 10.3. The van der Waals surface area contributed by atoms with Crippen molar-refractivity contribution in [3.63, 3.8) is 0 Å². The van der Waals surface area contributed by atoms with Crippen molar-refractivity contribution in [2.24, 2.45) is 0 Å². The average molecular weight is 302 g/mol. The van der Waals surface area contributed by atoms with Crippen LogP contribution in [0.3, 0.4) is 0 Å². The van der Waals surface area contributed by atoms with E-state index in [1.807, 2.05) is 12.3 Å². The van der Waals surface area contributed by atoms with Crippen LogP contribution in [0.25, 0.3) is 0 Å². The van der Waals surface area contributed by atoms with Gasteiger partial charge in [0, 0.05) is 15.8 Å². The second-order valence-corrected chi connectivity index (χ2v) is 5.08. The third-order valence-electron chi connectivity index (χ3n) is 2.68. The van der Waals surface area contributed by atoms with E-state index in [4.69, 9.17) is 0 Å². The van der Waals surface area contributed by atoms with E-state index in [9.17, 15) is 0 Å². The van der Waals surface area contributed by atoms with Gasteiger partial charge in [0.2, 0.25) is 0 Å². The number of nitrogens with one attached hydrogen (secondary N) is 1. The van der Waals surface area contributed by atoms with Crippen molar-refractivity contribution in [1.82, 2.24) is 4.98 Å². The molecule has 0 spiro atoms. The summed E-state index contributed by atoms with van der Waals surface area (Å²) in [6.45, 7) is 0. The zero-order chi connectivity index (χ0) is 9.80. The molecule has 2 rings (SSSR count). The predicted molar refractivity (Wildman–Crippen MR) is 67.4 cm³/mol. The van der Waals surface area contributed by atoms with Crippen LogP contribution in [0.4, 0.5) is 5.82 Å². The molecule has 76 valence electrons. The Morgan fingerprint density at radius 2 is 2.07 bits per heavy atom. The van der Waals surface area contributed by atoms with Gasteiger partial charge in [-0.1, -0.05) is 19.3 Å². The first kappa shape index (κ1) is 10.2. The van der Waals surface area contributed by atoms with Crippen LogP contribution in [0.2, 0.25) is 0 Å². The summed E-state index contributed by atoms with van der Waals surface area (Å²) in [6.07, 6.45) is 8.59. The van der Waals surface area contributed by atoms with E-state index >= 15 is 0 Å². The van der Waals surface area contributed by atoms with Gasteiger partial charge in [-0.3, -0.25) is 0 Å². The summed E-state index contributed by atoms with van der Waals surface area (Å²) < 4.78 is 1.25. The molecule has 0 radical (unpaired) electrons. The lowest BCUT2D eigenvalue weighted by Crippen LogP contribution is -2.22. The monoisotopic (exact) mass is 302 g/mol. The normalized spacial score (nSPS) is 18.1. The van der Waals surface area contributed by atoms with E-state index < -0.39 is 0 Å². The van der Waals surface area contributed by atoms with Gasteiger partial charge in [-0.2, -0.15) is 0 Å². The smallest absolute Gasteiger partial charge is 0.127 e. The molecule has 0 atom stereocenters. The lowest BCUT2D eigenvalue weighted by Gasteiger charge is -2.23. The van der Waals surface area contributed by atoms with E-state index in [1.165, 1.54) is 35.7 Å². The molecule has 14 heavy (non-hydrogen) atoms. The molecule has 2 nitrogen and oxygen atoms in total. The van der Waals surface area contributed by atoms with Gasteiger partial charge >= 0.3 is 0 Å². The Bertz CT molecular complexity index is 295. The van der Waals surface area contributed by atoms with E-state index in [1.54, 1.807) is 0 Å². The molecular formula is C11H15IN2. The quantitative estimate of drug-likeness (QED) is 0.847. The SMILES string of the molecule is Ic1ccnc(NC2CCCCC2)c1. The van der Waals surface area contributed by atoms with Crippen LogP contribution in [0, 0.1) is 3.57 Å². The van der Waals surface area contributed by atoms with Gasteiger partial charge in [0.15, 0.2) is 0 Å². The van der Waals surface area contributed by atoms with Gasteiger partial charge in [-0.05, 0) is 47.6 Å². The Morgan fingerprint density at radius 3 is 2.79 bits per heavy atom. The molecule has 0 aliphatic heterocycles. The Labute approximate surface area is 98.6 Å². The number of pyridine rings is 1. The maximum absolute atomic E-state index is 4.32. The van der Waals surface area contributed by atoms with Crippen LogP contribution >= 0.6 is 22.6 Å². The minimum absolute atomic E-state index is 0.648. The first-order chi connectivity index (χ1) is 6.84. The molecule has 0 amide bonds. The molecule has 0 aromatic carbocycles. The summed E-state index contributed by atoms with van der Waals surface area (Å²) in [6, 6.07) is 4.77. The molecule has 1 N–H and O–H groups in total. The van der Waals surface area contributed by atoms with Crippen molar-refractivity contribution in [3.8, 4) is 0 Å².